The molecular weight excluding hydrogens is 421 g/mol. The summed E-state index contributed by atoms with van der Waals surface area (Å²) >= 11 is 2.20. The number of hydrogen-bond donors (Lipinski definition) is 2. The molecule has 2 atom stereocenters. The highest BCUT2D eigenvalue weighted by molar-refractivity contribution is 14.1. The van der Waals surface area contributed by atoms with Crippen molar-refractivity contribution in [3.63, 3.8) is 0 Å². The van der Waals surface area contributed by atoms with Crippen molar-refractivity contribution in [3.05, 3.63) is 24.0 Å². The van der Waals surface area contributed by atoms with Crippen LogP contribution in [-0.4, -0.2) is 58.1 Å². The average molecular weight is 434 g/mol. The molecule has 2 aliphatic heterocycles. The molecule has 0 bridgehead atoms. The van der Waals surface area contributed by atoms with Gasteiger partial charge in [0.15, 0.2) is 0 Å². The second-order valence-electron chi connectivity index (χ2n) is 5.17. The van der Waals surface area contributed by atoms with Gasteiger partial charge in [-0.15, -0.1) is 0 Å². The van der Waals surface area contributed by atoms with Crippen molar-refractivity contribution in [2.45, 2.75) is 10.2 Å². The highest BCUT2D eigenvalue weighted by Gasteiger charge is 2.35. The third kappa shape index (κ3) is 3.40. The molecule has 122 valence electrons. The molecule has 1 saturated heterocycles. The fourth-order valence-electron chi connectivity index (χ4n) is 2.42. The fourth-order valence-corrected chi connectivity index (χ4v) is 2.93. The van der Waals surface area contributed by atoms with Crippen molar-refractivity contribution in [2.75, 3.05) is 24.5 Å². The molecule has 0 radical (unpaired) electrons. The van der Waals surface area contributed by atoms with Crippen LogP contribution in [0.3, 0.4) is 0 Å². The van der Waals surface area contributed by atoms with Gasteiger partial charge in [-0.3, -0.25) is 9.91 Å². The second-order valence-corrected chi connectivity index (χ2v) is 6.60. The SMILES string of the molecule is O=C1O[C@@H](CN2N=NCC2I)CN1c1ccc(B(O)O)c(F)c1. The summed E-state index contributed by atoms with van der Waals surface area (Å²) in [6.45, 7) is 1.27. The van der Waals surface area contributed by atoms with Crippen LogP contribution in [0.25, 0.3) is 0 Å². The molecule has 0 spiro atoms. The minimum atomic E-state index is -1.90. The highest BCUT2D eigenvalue weighted by Crippen LogP contribution is 2.24. The number of nitrogens with zero attached hydrogens (tertiary/aromatic N) is 4. The van der Waals surface area contributed by atoms with E-state index in [4.69, 9.17) is 14.8 Å². The van der Waals surface area contributed by atoms with Crippen LogP contribution >= 0.6 is 22.6 Å². The first-order chi connectivity index (χ1) is 11.0. The van der Waals surface area contributed by atoms with Crippen LogP contribution in [0.15, 0.2) is 28.5 Å². The lowest BCUT2D eigenvalue weighted by atomic mass is 9.80. The number of hydrogen-bond acceptors (Lipinski definition) is 7. The van der Waals surface area contributed by atoms with E-state index in [0.717, 1.165) is 6.07 Å². The molecule has 1 aromatic rings. The van der Waals surface area contributed by atoms with Gasteiger partial charge in [-0.05, 0) is 12.1 Å². The largest absolute Gasteiger partial charge is 0.491 e. The van der Waals surface area contributed by atoms with E-state index in [0.29, 0.717) is 18.8 Å². The maximum absolute atomic E-state index is 13.8. The predicted molar refractivity (Wildman–Crippen MR) is 88.1 cm³/mol. The molecule has 1 aromatic carbocycles. The number of cyclic esters (lactones) is 1. The lowest BCUT2D eigenvalue weighted by Gasteiger charge is -2.19. The van der Waals surface area contributed by atoms with Crippen LogP contribution in [0.5, 0.6) is 0 Å². The molecule has 1 amide bonds. The standard InChI is InChI=1S/C12H13BFIN4O4/c14-10-3-7(1-2-9(10)13(21)22)18-5-8(23-12(18)20)6-19-11(15)4-16-17-19/h1-3,8,11,21-22H,4-6H2/t8-,11?/m1/s1. The Morgan fingerprint density at radius 1 is 1.48 bits per heavy atom. The summed E-state index contributed by atoms with van der Waals surface area (Å²) in [7, 11) is -1.90. The zero-order valence-corrected chi connectivity index (χ0v) is 14.0. The Balaban J connectivity index is 1.70. The minimum Gasteiger partial charge on any atom is -0.442 e. The van der Waals surface area contributed by atoms with Crippen molar-refractivity contribution in [3.8, 4) is 0 Å². The molecule has 1 fully saturated rings. The highest BCUT2D eigenvalue weighted by atomic mass is 127. The number of carbonyl (C=O) groups is 1. The summed E-state index contributed by atoms with van der Waals surface area (Å²) in [5.41, 5.74) is 0.0524. The van der Waals surface area contributed by atoms with Crippen LogP contribution in [0.2, 0.25) is 0 Å². The van der Waals surface area contributed by atoms with Gasteiger partial charge in [0.2, 0.25) is 0 Å². The molecular formula is C12H13BFIN4O4. The van der Waals surface area contributed by atoms with Gasteiger partial charge in [0.05, 0.1) is 25.3 Å². The summed E-state index contributed by atoms with van der Waals surface area (Å²) < 4.78 is 19.2. The van der Waals surface area contributed by atoms with Gasteiger partial charge in [-0.25, -0.2) is 9.18 Å². The van der Waals surface area contributed by atoms with Gasteiger partial charge in [-0.1, -0.05) is 33.9 Å². The zero-order valence-electron chi connectivity index (χ0n) is 11.8. The van der Waals surface area contributed by atoms with E-state index in [1.807, 2.05) is 0 Å². The Hall–Kier alpha value is -1.47. The molecule has 11 heteroatoms. The lowest BCUT2D eigenvalue weighted by molar-refractivity contribution is 0.112. The van der Waals surface area contributed by atoms with Gasteiger partial charge in [0.25, 0.3) is 0 Å². The first-order valence-corrected chi connectivity index (χ1v) is 8.12. The van der Waals surface area contributed by atoms with Gasteiger partial charge < -0.3 is 14.8 Å². The predicted octanol–water partition coefficient (Wildman–Crippen LogP) is 0.275. The second kappa shape index (κ2) is 6.57. The minimum absolute atomic E-state index is 0.128. The Bertz CT molecular complexity index is 649. The number of halogens is 2. The summed E-state index contributed by atoms with van der Waals surface area (Å²) in [4.78, 5) is 13.3. The van der Waals surface area contributed by atoms with E-state index in [-0.39, 0.29) is 16.1 Å². The van der Waals surface area contributed by atoms with E-state index < -0.39 is 25.1 Å². The number of alkyl halides is 1. The van der Waals surface area contributed by atoms with Gasteiger partial charge in [-0.2, -0.15) is 5.11 Å². The smallest absolute Gasteiger partial charge is 0.442 e. The van der Waals surface area contributed by atoms with E-state index in [1.165, 1.54) is 17.0 Å². The summed E-state index contributed by atoms with van der Waals surface area (Å²) in [6.07, 6.45) is -0.976. The normalized spacial score (nSPS) is 23.6. The molecule has 23 heavy (non-hydrogen) atoms. The Kier molecular flexibility index (Phi) is 4.68. The van der Waals surface area contributed by atoms with E-state index in [2.05, 4.69) is 32.9 Å². The Morgan fingerprint density at radius 2 is 2.26 bits per heavy atom. The van der Waals surface area contributed by atoms with Crippen molar-refractivity contribution < 1.29 is 24.0 Å². The van der Waals surface area contributed by atoms with Crippen molar-refractivity contribution in [1.82, 2.24) is 5.01 Å². The zero-order chi connectivity index (χ0) is 16.6. The molecule has 8 nitrogen and oxygen atoms in total. The molecule has 2 N–H and O–H groups in total. The van der Waals surface area contributed by atoms with Crippen LogP contribution in [-0.2, 0) is 4.74 Å². The molecule has 0 saturated carbocycles. The number of carbonyl (C=O) groups excluding carboxylic acids is 1. The number of ether oxygens (including phenoxy) is 1. The van der Waals surface area contributed by atoms with Gasteiger partial charge >= 0.3 is 13.2 Å². The van der Waals surface area contributed by atoms with Crippen molar-refractivity contribution >= 4 is 47.0 Å². The van der Waals surface area contributed by atoms with E-state index in [9.17, 15) is 9.18 Å². The molecule has 2 heterocycles. The number of rotatable bonds is 4. The van der Waals surface area contributed by atoms with Crippen molar-refractivity contribution in [1.29, 1.82) is 0 Å². The molecule has 1 unspecified atom stereocenters. The Labute approximate surface area is 145 Å². The van der Waals surface area contributed by atoms with Crippen LogP contribution in [0.4, 0.5) is 14.9 Å². The summed E-state index contributed by atoms with van der Waals surface area (Å²) in [6, 6.07) is 3.75. The number of benzene rings is 1. The third-order valence-electron chi connectivity index (χ3n) is 3.57. The summed E-state index contributed by atoms with van der Waals surface area (Å²) in [5.74, 6) is -0.797. The summed E-state index contributed by atoms with van der Waals surface area (Å²) in [5, 5.41) is 27.7. The maximum Gasteiger partial charge on any atom is 0.491 e. The number of anilines is 1. The van der Waals surface area contributed by atoms with Crippen LogP contribution in [0.1, 0.15) is 0 Å². The van der Waals surface area contributed by atoms with Gasteiger partial charge in [0.1, 0.15) is 16.0 Å². The topological polar surface area (TPSA) is 98.0 Å². The quantitative estimate of drug-likeness (QED) is 0.307. The Morgan fingerprint density at radius 3 is 2.87 bits per heavy atom. The van der Waals surface area contributed by atoms with Crippen molar-refractivity contribution in [2.24, 2.45) is 10.3 Å². The fraction of sp³-hybridized carbons (Fsp3) is 0.417. The van der Waals surface area contributed by atoms with Crippen LogP contribution in [0, 0.1) is 5.82 Å². The first kappa shape index (κ1) is 16.4. The van der Waals surface area contributed by atoms with E-state index >= 15 is 0 Å². The maximum atomic E-state index is 13.8. The van der Waals surface area contributed by atoms with Gasteiger partial charge in [0, 0.05) is 5.46 Å². The third-order valence-corrected chi connectivity index (χ3v) is 4.61. The molecule has 2 aliphatic rings. The first-order valence-electron chi connectivity index (χ1n) is 6.87. The average Bonchev–Trinajstić information content (AvgIpc) is 3.05. The molecule has 3 rings (SSSR count). The van der Waals surface area contributed by atoms with E-state index in [1.54, 1.807) is 5.01 Å². The lowest BCUT2D eigenvalue weighted by Crippen LogP contribution is -2.35. The molecule has 0 aliphatic carbocycles. The van der Waals surface area contributed by atoms with Crippen LogP contribution < -0.4 is 10.4 Å². The number of amides is 1. The molecule has 0 aromatic heterocycles. The monoisotopic (exact) mass is 434 g/mol.